The largest absolute Gasteiger partial charge is 0.354 e. The molecule has 2 amide bonds. The molecule has 16 nitrogen and oxygen atoms in total. The number of allylic oxidation sites excluding steroid dienone is 1. The Kier molecular flexibility index (Phi) is 15.7. The number of hydrogen-bond donors (Lipinski definition) is 4. The number of piperazine rings is 2. The van der Waals surface area contributed by atoms with Crippen LogP contribution in [0.4, 0.5) is 55.1 Å². The van der Waals surface area contributed by atoms with Crippen LogP contribution in [0.5, 0.6) is 0 Å². The summed E-state index contributed by atoms with van der Waals surface area (Å²) in [6.45, 7) is 11.7. The highest BCUT2D eigenvalue weighted by Crippen LogP contribution is 2.32. The third kappa shape index (κ3) is 13.0. The summed E-state index contributed by atoms with van der Waals surface area (Å²) in [5.41, 5.74) is 8.46. The molecule has 2 aliphatic heterocycles. The van der Waals surface area contributed by atoms with Gasteiger partial charge in [0.2, 0.25) is 17.8 Å². The van der Waals surface area contributed by atoms with E-state index in [9.17, 15) is 18.4 Å². The van der Waals surface area contributed by atoms with Crippen molar-refractivity contribution in [2.24, 2.45) is 0 Å². The number of carbonyl (C=O) groups is 2. The van der Waals surface area contributed by atoms with Gasteiger partial charge in [-0.2, -0.15) is 8.78 Å². The fourth-order valence-electron chi connectivity index (χ4n) is 8.55. The third-order valence-electron chi connectivity index (χ3n) is 12.4. The van der Waals surface area contributed by atoms with Crippen molar-refractivity contribution < 1.29 is 18.4 Å². The Bertz CT molecular complexity index is 3330. The van der Waals surface area contributed by atoms with E-state index in [2.05, 4.69) is 74.9 Å². The van der Waals surface area contributed by atoms with E-state index in [1.807, 2.05) is 123 Å². The zero-order chi connectivity index (χ0) is 51.6. The summed E-state index contributed by atoms with van der Waals surface area (Å²) in [5, 5.41) is 13.7. The topological polar surface area (TPSA) is 173 Å². The lowest BCUT2D eigenvalue weighted by Crippen LogP contribution is -2.44. The summed E-state index contributed by atoms with van der Waals surface area (Å²) in [7, 11) is 4.26. The minimum atomic E-state index is -2.06. The summed E-state index contributed by atoms with van der Waals surface area (Å²) in [4.78, 5) is 61.2. The number of amides is 2. The van der Waals surface area contributed by atoms with Crippen molar-refractivity contribution in [2.45, 2.75) is 13.8 Å². The van der Waals surface area contributed by atoms with Gasteiger partial charge in [-0.3, -0.25) is 9.59 Å². The molecule has 4 aromatic carbocycles. The van der Waals surface area contributed by atoms with E-state index in [1.54, 1.807) is 30.5 Å². The van der Waals surface area contributed by atoms with Crippen molar-refractivity contribution in [1.82, 2.24) is 39.7 Å². The van der Waals surface area contributed by atoms with Gasteiger partial charge in [0.05, 0.1) is 46.6 Å². The molecule has 376 valence electrons. The normalized spacial score (nSPS) is 13.9. The molecule has 10 rings (SSSR count). The molecule has 6 heterocycles. The van der Waals surface area contributed by atoms with Crippen molar-refractivity contribution in [3.63, 3.8) is 0 Å². The maximum Gasteiger partial charge on any atom is 0.275 e. The lowest BCUT2D eigenvalue weighted by Gasteiger charge is -2.33. The van der Waals surface area contributed by atoms with Gasteiger partial charge in [0.15, 0.2) is 0 Å². The number of rotatable bonds is 12. The van der Waals surface area contributed by atoms with Crippen LogP contribution in [0.3, 0.4) is 0 Å². The van der Waals surface area contributed by atoms with E-state index in [1.165, 1.54) is 0 Å². The van der Waals surface area contributed by atoms with E-state index in [-0.39, 0.29) is 12.0 Å². The van der Waals surface area contributed by atoms with E-state index < -0.39 is 12.0 Å². The van der Waals surface area contributed by atoms with Gasteiger partial charge in [-0.05, 0) is 88.1 Å². The molecule has 0 saturated carbocycles. The summed E-state index contributed by atoms with van der Waals surface area (Å²) in [6, 6.07) is 36.3. The van der Waals surface area contributed by atoms with E-state index in [0.29, 0.717) is 28.8 Å². The molecule has 4 aromatic heterocycles. The molecule has 0 bridgehead atoms. The second-order valence-electron chi connectivity index (χ2n) is 18.3. The smallest absolute Gasteiger partial charge is 0.275 e. The minimum Gasteiger partial charge on any atom is -0.354 e. The summed E-state index contributed by atoms with van der Waals surface area (Å²) in [6.07, 6.45) is 5.18. The molecule has 2 saturated heterocycles. The first-order valence-corrected chi connectivity index (χ1v) is 24.3. The molecule has 4 N–H and O–H groups in total. The molecule has 0 radical (unpaired) electrons. The van der Waals surface area contributed by atoms with Crippen molar-refractivity contribution in [2.75, 3.05) is 97.5 Å². The Morgan fingerprint density at radius 1 is 0.541 bits per heavy atom. The van der Waals surface area contributed by atoms with Gasteiger partial charge < -0.3 is 40.9 Å². The molecule has 0 atom stereocenters. The van der Waals surface area contributed by atoms with E-state index >= 15 is 0 Å². The molecule has 0 spiro atoms. The number of nitrogens with one attached hydrogen (secondary N) is 4. The molecule has 18 heteroatoms. The summed E-state index contributed by atoms with van der Waals surface area (Å²) in [5.74, 6) is 1.76. The zero-order valence-corrected chi connectivity index (χ0v) is 41.6. The number of benzene rings is 4. The molecular weight excluding hydrogens is 939 g/mol. The number of fused-ring (bicyclic) bond motifs is 2. The second-order valence-corrected chi connectivity index (χ2v) is 18.3. The van der Waals surface area contributed by atoms with Crippen LogP contribution in [-0.2, 0) is 9.59 Å². The molecule has 2 fully saturated rings. The first-order chi connectivity index (χ1) is 35.9. The predicted octanol–water partition coefficient (Wildman–Crippen LogP) is 10.00. The van der Waals surface area contributed by atoms with Crippen LogP contribution in [0.1, 0.15) is 13.8 Å². The number of carbonyl (C=O) groups excluding carboxylic acids is 2. The van der Waals surface area contributed by atoms with Crippen molar-refractivity contribution in [3.05, 3.63) is 158 Å². The van der Waals surface area contributed by atoms with Crippen LogP contribution in [-0.4, -0.2) is 118 Å². The van der Waals surface area contributed by atoms with Crippen LogP contribution in [0.15, 0.2) is 158 Å². The highest BCUT2D eigenvalue weighted by molar-refractivity contribution is 6.02. The Labute approximate surface area is 427 Å². The third-order valence-corrected chi connectivity index (χ3v) is 12.4. The monoisotopic (exact) mass is 994 g/mol. The van der Waals surface area contributed by atoms with E-state index in [4.69, 9.17) is 9.97 Å². The Balaban J connectivity index is 0.000000182. The number of aromatic nitrogens is 6. The first-order valence-electron chi connectivity index (χ1n) is 24.3. The number of halogens is 2. The van der Waals surface area contributed by atoms with Gasteiger partial charge in [-0.25, -0.2) is 29.9 Å². The number of hydrogen-bond acceptors (Lipinski definition) is 14. The lowest BCUT2D eigenvalue weighted by atomic mass is 10.0. The number of nitrogens with zero attached hydrogens (tertiary/aromatic N) is 10. The lowest BCUT2D eigenvalue weighted by molar-refractivity contribution is -0.112. The van der Waals surface area contributed by atoms with E-state index in [0.717, 1.165) is 120 Å². The van der Waals surface area contributed by atoms with Gasteiger partial charge in [0.25, 0.3) is 12.0 Å². The molecule has 0 unspecified atom stereocenters. The van der Waals surface area contributed by atoms with Crippen molar-refractivity contribution in [1.29, 1.82) is 0 Å². The first kappa shape index (κ1) is 50.2. The Morgan fingerprint density at radius 3 is 1.70 bits per heavy atom. The van der Waals surface area contributed by atoms with Gasteiger partial charge in [0, 0.05) is 97.9 Å². The van der Waals surface area contributed by atoms with Crippen molar-refractivity contribution in [3.8, 4) is 22.4 Å². The SMILES string of the molecule is CC(C)=CC(=O)Nc1cccc(-c2cccc3cnc(Nc4ccc(N5CCN(C)CC5)nc4)nc23)c1.CN1CCN(c2ccc(Nc3nc(-c4cccc(NC(=O)C=C(F)F)c4)c4ccccc4n3)cn2)CC1. The maximum absolute atomic E-state index is 12.4. The highest BCUT2D eigenvalue weighted by Gasteiger charge is 2.18. The quantitative estimate of drug-likeness (QED) is 0.0852. The maximum atomic E-state index is 12.4. The standard InChI is InChI=1S/C29H31N7O.C27H25F2N7O/c1-20(2)16-27(37)32-23-8-4-6-21(17-23)25-9-5-7-22-18-31-29(34-28(22)25)33-24-10-11-26(30-19-24)36-14-12-35(3)13-15-36;1-35-11-13-36(14-12-35)24-10-9-20(17-30-24)32-27-33-22-8-3-2-7-21(22)26(34-27)18-5-4-6-19(15-18)31-25(37)16-23(28)29/h4-11,16-19H,12-15H2,1-3H3,(H,32,37)(H,31,33,34);2-10,15-17H,11-14H2,1H3,(H,31,37)(H,32,33,34). The minimum absolute atomic E-state index is 0.142. The van der Waals surface area contributed by atoms with Crippen LogP contribution >= 0.6 is 0 Å². The molecule has 74 heavy (non-hydrogen) atoms. The summed E-state index contributed by atoms with van der Waals surface area (Å²) < 4.78 is 24.9. The van der Waals surface area contributed by atoms with Crippen LogP contribution in [0.25, 0.3) is 44.2 Å². The number of pyridine rings is 2. The van der Waals surface area contributed by atoms with Gasteiger partial charge in [-0.15, -0.1) is 0 Å². The Hall–Kier alpha value is -8.74. The number of anilines is 8. The van der Waals surface area contributed by atoms with Gasteiger partial charge >= 0.3 is 0 Å². The van der Waals surface area contributed by atoms with Crippen molar-refractivity contribution >= 4 is 79.9 Å². The van der Waals surface area contributed by atoms with Gasteiger partial charge in [-0.1, -0.05) is 66.2 Å². The molecule has 8 aromatic rings. The average molecular weight is 995 g/mol. The average Bonchev–Trinajstić information content (AvgIpc) is 3.39. The van der Waals surface area contributed by atoms with Crippen LogP contribution in [0.2, 0.25) is 0 Å². The fourth-order valence-corrected chi connectivity index (χ4v) is 8.55. The van der Waals surface area contributed by atoms with Crippen LogP contribution in [0, 0.1) is 0 Å². The second kappa shape index (κ2) is 23.2. The fraction of sp³-hybridized carbons (Fsp3) is 0.214. The van der Waals surface area contributed by atoms with Gasteiger partial charge in [0.1, 0.15) is 11.6 Å². The number of para-hydroxylation sites is 2. The highest BCUT2D eigenvalue weighted by atomic mass is 19.3. The molecular formula is C56H56F2N14O2. The summed E-state index contributed by atoms with van der Waals surface area (Å²) >= 11 is 0. The predicted molar refractivity (Wildman–Crippen MR) is 291 cm³/mol. The molecule has 2 aliphatic rings. The number of likely N-dealkylation sites (N-methyl/N-ethyl adjacent to an activating group) is 2. The van der Waals surface area contributed by atoms with Crippen LogP contribution < -0.4 is 31.1 Å². The Morgan fingerprint density at radius 2 is 1.11 bits per heavy atom. The zero-order valence-electron chi connectivity index (χ0n) is 41.6. The molecule has 0 aliphatic carbocycles.